The molecule has 0 aliphatic carbocycles. The van der Waals surface area contributed by atoms with Crippen LogP contribution in [-0.4, -0.2) is 276 Å². The predicted octanol–water partition coefficient (Wildman–Crippen LogP) is -0.0561. The standard InChI is InChI=1S/C43H84O21/c1-2-4-45-6-8-47-10-12-49-14-16-51-18-20-53-22-24-55-26-28-57-30-32-59-34-36-61-38-40-63-42-43-64-41-39-62-37-35-60-33-31-58-29-27-56-25-23-54-21-19-52-17-15-50-13-11-48-9-7-46-5-3-44/h1,44H,3-43H2. The third-order valence-electron chi connectivity index (χ3n) is 7.49. The highest BCUT2D eigenvalue weighted by molar-refractivity contribution is 4.82. The molecule has 0 fully saturated rings. The summed E-state index contributed by atoms with van der Waals surface area (Å²) in [5.74, 6) is 2.40. The average molecular weight is 937 g/mol. The largest absolute Gasteiger partial charge is 0.394 e. The Morgan fingerprint density at radius 2 is 0.297 bits per heavy atom. The van der Waals surface area contributed by atoms with Crippen molar-refractivity contribution < 1.29 is 99.8 Å². The van der Waals surface area contributed by atoms with E-state index >= 15 is 0 Å². The molecule has 0 aromatic rings. The molecule has 0 aromatic heterocycles. The van der Waals surface area contributed by atoms with E-state index in [0.717, 1.165) is 0 Å². The highest BCUT2D eigenvalue weighted by Crippen LogP contribution is 1.90. The zero-order valence-corrected chi connectivity index (χ0v) is 38.7. The Hall–Kier alpha value is -1.28. The molecule has 0 heterocycles. The van der Waals surface area contributed by atoms with Crippen molar-refractivity contribution in [2.45, 2.75) is 0 Å². The van der Waals surface area contributed by atoms with Crippen LogP contribution >= 0.6 is 0 Å². The van der Waals surface area contributed by atoms with Crippen molar-refractivity contribution in [2.75, 3.05) is 271 Å². The number of hydrogen-bond donors (Lipinski definition) is 1. The van der Waals surface area contributed by atoms with Gasteiger partial charge < -0.3 is 99.8 Å². The Labute approximate surface area is 382 Å². The highest BCUT2D eigenvalue weighted by atomic mass is 16.6. The molecule has 0 rings (SSSR count). The van der Waals surface area contributed by atoms with Gasteiger partial charge in [-0.3, -0.25) is 0 Å². The summed E-state index contributed by atoms with van der Waals surface area (Å²) in [7, 11) is 0. The van der Waals surface area contributed by atoms with Crippen LogP contribution in [0.2, 0.25) is 0 Å². The third-order valence-corrected chi connectivity index (χ3v) is 7.49. The molecule has 0 radical (unpaired) electrons. The first-order valence-electron chi connectivity index (χ1n) is 22.5. The summed E-state index contributed by atoms with van der Waals surface area (Å²) in [5.41, 5.74) is 0. The Morgan fingerprint density at radius 1 is 0.188 bits per heavy atom. The van der Waals surface area contributed by atoms with Crippen molar-refractivity contribution in [2.24, 2.45) is 0 Å². The van der Waals surface area contributed by atoms with Gasteiger partial charge in [0.05, 0.1) is 264 Å². The van der Waals surface area contributed by atoms with Crippen LogP contribution in [0.15, 0.2) is 0 Å². The number of ether oxygens (including phenoxy) is 20. The van der Waals surface area contributed by atoms with E-state index in [-0.39, 0.29) is 6.61 Å². The molecule has 0 aromatic carbocycles. The predicted molar refractivity (Wildman–Crippen MR) is 232 cm³/mol. The molecule has 382 valence electrons. The first kappa shape index (κ1) is 62.7. The second-order valence-electron chi connectivity index (χ2n) is 12.6. The van der Waals surface area contributed by atoms with Crippen LogP contribution in [0.1, 0.15) is 0 Å². The smallest absolute Gasteiger partial charge is 0.107 e. The summed E-state index contributed by atoms with van der Waals surface area (Å²) in [6.07, 6.45) is 5.09. The van der Waals surface area contributed by atoms with E-state index in [9.17, 15) is 0 Å². The van der Waals surface area contributed by atoms with Crippen molar-refractivity contribution in [3.63, 3.8) is 0 Å². The number of rotatable bonds is 60. The highest BCUT2D eigenvalue weighted by Gasteiger charge is 1.99. The molecular weight excluding hydrogens is 852 g/mol. The Bertz CT molecular complexity index is 862. The van der Waals surface area contributed by atoms with E-state index in [4.69, 9.17) is 106 Å². The molecule has 21 heteroatoms. The molecule has 21 nitrogen and oxygen atoms in total. The number of aliphatic hydroxyl groups is 1. The van der Waals surface area contributed by atoms with Gasteiger partial charge in [0, 0.05) is 0 Å². The molecule has 1 N–H and O–H groups in total. The summed E-state index contributed by atoms with van der Waals surface area (Å²) < 4.78 is 109. The van der Waals surface area contributed by atoms with E-state index < -0.39 is 0 Å². The number of terminal acetylenes is 1. The zero-order chi connectivity index (χ0) is 45.8. The summed E-state index contributed by atoms with van der Waals surface area (Å²) in [6, 6.07) is 0. The monoisotopic (exact) mass is 937 g/mol. The minimum Gasteiger partial charge on any atom is -0.394 e. The zero-order valence-electron chi connectivity index (χ0n) is 38.7. The van der Waals surface area contributed by atoms with Crippen LogP contribution in [0.3, 0.4) is 0 Å². The molecule has 0 unspecified atom stereocenters. The molecule has 64 heavy (non-hydrogen) atoms. The summed E-state index contributed by atoms with van der Waals surface area (Å²) >= 11 is 0. The second-order valence-corrected chi connectivity index (χ2v) is 12.6. The van der Waals surface area contributed by atoms with Gasteiger partial charge in [-0.05, 0) is 0 Å². The quantitative estimate of drug-likeness (QED) is 0.0627. The Balaban J connectivity index is 3.06. The molecule has 0 saturated heterocycles. The van der Waals surface area contributed by atoms with Gasteiger partial charge in [-0.25, -0.2) is 0 Å². The normalized spacial score (nSPS) is 11.6. The van der Waals surface area contributed by atoms with E-state index in [1.54, 1.807) is 0 Å². The molecule has 0 spiro atoms. The van der Waals surface area contributed by atoms with Gasteiger partial charge >= 0.3 is 0 Å². The van der Waals surface area contributed by atoms with E-state index in [0.29, 0.717) is 264 Å². The van der Waals surface area contributed by atoms with Gasteiger partial charge in [0.1, 0.15) is 6.61 Å². The number of aliphatic hydroxyl groups excluding tert-OH is 1. The fraction of sp³-hybridized carbons (Fsp3) is 0.953. The summed E-state index contributed by atoms with van der Waals surface area (Å²) in [5, 5.41) is 8.60. The first-order valence-corrected chi connectivity index (χ1v) is 22.5. The van der Waals surface area contributed by atoms with Crippen molar-refractivity contribution in [3.8, 4) is 12.3 Å². The van der Waals surface area contributed by atoms with Crippen LogP contribution in [-0.2, 0) is 94.7 Å². The molecular formula is C43H84O21. The van der Waals surface area contributed by atoms with E-state index in [1.165, 1.54) is 0 Å². The van der Waals surface area contributed by atoms with Crippen molar-refractivity contribution in [3.05, 3.63) is 0 Å². The van der Waals surface area contributed by atoms with Crippen LogP contribution in [0, 0.1) is 12.3 Å². The molecule has 0 bridgehead atoms. The summed E-state index contributed by atoms with van der Waals surface area (Å²) in [4.78, 5) is 0. The Morgan fingerprint density at radius 3 is 0.406 bits per heavy atom. The molecule has 0 aliphatic heterocycles. The minimum atomic E-state index is 0.0194. The fourth-order valence-electron chi connectivity index (χ4n) is 4.37. The van der Waals surface area contributed by atoms with Crippen molar-refractivity contribution in [1.29, 1.82) is 0 Å². The van der Waals surface area contributed by atoms with Crippen LogP contribution in [0.4, 0.5) is 0 Å². The van der Waals surface area contributed by atoms with Crippen molar-refractivity contribution in [1.82, 2.24) is 0 Å². The third kappa shape index (κ3) is 60.7. The van der Waals surface area contributed by atoms with Crippen molar-refractivity contribution >= 4 is 0 Å². The second kappa shape index (κ2) is 61.7. The lowest BCUT2D eigenvalue weighted by molar-refractivity contribution is -0.0314. The average Bonchev–Trinajstić information content (AvgIpc) is 3.31. The van der Waals surface area contributed by atoms with Gasteiger partial charge in [0.25, 0.3) is 0 Å². The van der Waals surface area contributed by atoms with Gasteiger partial charge in [-0.15, -0.1) is 6.42 Å². The summed E-state index contributed by atoms with van der Waals surface area (Å²) in [6.45, 7) is 19.4. The fourth-order valence-corrected chi connectivity index (χ4v) is 4.37. The lowest BCUT2D eigenvalue weighted by Gasteiger charge is -2.09. The lowest BCUT2D eigenvalue weighted by atomic mass is 10.6. The Kier molecular flexibility index (Phi) is 60.5. The van der Waals surface area contributed by atoms with Crippen LogP contribution in [0.25, 0.3) is 0 Å². The molecule has 0 amide bonds. The van der Waals surface area contributed by atoms with Gasteiger partial charge in [0.15, 0.2) is 0 Å². The topological polar surface area (TPSA) is 205 Å². The molecule has 0 aliphatic rings. The van der Waals surface area contributed by atoms with Crippen LogP contribution < -0.4 is 0 Å². The minimum absolute atomic E-state index is 0.0194. The van der Waals surface area contributed by atoms with Gasteiger partial charge in [-0.1, -0.05) is 5.92 Å². The van der Waals surface area contributed by atoms with E-state index in [2.05, 4.69) is 5.92 Å². The molecule has 0 saturated carbocycles. The maximum absolute atomic E-state index is 8.60. The maximum atomic E-state index is 8.60. The lowest BCUT2D eigenvalue weighted by Crippen LogP contribution is -2.16. The van der Waals surface area contributed by atoms with E-state index in [1.807, 2.05) is 0 Å². The number of hydrogen-bond acceptors (Lipinski definition) is 21. The SMILES string of the molecule is C#CCOCCOCCOCCOCCOCCOCCOCCOCCOCCOCCOCCOCCOCCOCCOCCOCCOCCOCCOCCOCCO. The van der Waals surface area contributed by atoms with Gasteiger partial charge in [0.2, 0.25) is 0 Å². The molecule has 0 atom stereocenters. The van der Waals surface area contributed by atoms with Crippen LogP contribution in [0.5, 0.6) is 0 Å². The van der Waals surface area contributed by atoms with Gasteiger partial charge in [-0.2, -0.15) is 0 Å². The maximum Gasteiger partial charge on any atom is 0.107 e. The first-order chi connectivity index (χ1) is 31.9.